The van der Waals surface area contributed by atoms with Crippen molar-refractivity contribution in [2.45, 2.75) is 64.7 Å². The molecule has 0 heterocycles. The Morgan fingerprint density at radius 1 is 0.889 bits per heavy atom. The summed E-state index contributed by atoms with van der Waals surface area (Å²) in [4.78, 5) is 12.8. The third-order valence-electron chi connectivity index (χ3n) is 7.42. The largest absolute Gasteiger partial charge is 0.491 e. The number of carbonyl (C=O) groups is 1. The zero-order valence-corrected chi connectivity index (χ0v) is 20.9. The molecule has 0 radical (unpaired) electrons. The Balaban J connectivity index is 1.44. The maximum Gasteiger partial charge on any atom is 0.267 e. The van der Waals surface area contributed by atoms with Crippen molar-refractivity contribution in [3.8, 4) is 16.9 Å². The summed E-state index contributed by atoms with van der Waals surface area (Å²) in [5.74, 6) is -0.479. The summed E-state index contributed by atoms with van der Waals surface area (Å²) in [6.45, 7) is 4.06. The first-order valence-corrected chi connectivity index (χ1v) is 12.9. The lowest BCUT2D eigenvalue weighted by Gasteiger charge is -2.28. The average Bonchev–Trinajstić information content (AvgIpc) is 2.90. The van der Waals surface area contributed by atoms with Gasteiger partial charge in [-0.25, -0.2) is 13.2 Å². The van der Waals surface area contributed by atoms with Gasteiger partial charge in [0.1, 0.15) is 0 Å². The summed E-state index contributed by atoms with van der Waals surface area (Å²) in [6.07, 6.45) is 3.20. The number of carbonyl (C=O) groups excluding carboxylic acids is 1. The Labute approximate surface area is 211 Å². The van der Waals surface area contributed by atoms with Crippen molar-refractivity contribution >= 4 is 5.78 Å². The van der Waals surface area contributed by atoms with Gasteiger partial charge in [-0.2, -0.15) is 0 Å². The zero-order valence-electron chi connectivity index (χ0n) is 20.9. The molecule has 0 amide bonds. The van der Waals surface area contributed by atoms with Crippen LogP contribution in [-0.2, 0) is 6.42 Å². The number of hydrogen-bond acceptors (Lipinski definition) is 2. The minimum atomic E-state index is -3.11. The van der Waals surface area contributed by atoms with Gasteiger partial charge in [0.25, 0.3) is 6.43 Å². The minimum absolute atomic E-state index is 0.0905. The van der Waals surface area contributed by atoms with Crippen molar-refractivity contribution in [1.82, 2.24) is 0 Å². The quantitative estimate of drug-likeness (QED) is 0.278. The molecule has 4 rings (SSSR count). The van der Waals surface area contributed by atoms with Gasteiger partial charge >= 0.3 is 0 Å². The first-order chi connectivity index (χ1) is 17.4. The summed E-state index contributed by atoms with van der Waals surface area (Å²) in [7, 11) is 0. The van der Waals surface area contributed by atoms with Crippen LogP contribution >= 0.6 is 0 Å². The Kier molecular flexibility index (Phi) is 8.50. The molecule has 5 heteroatoms. The molecule has 1 aliphatic carbocycles. The highest BCUT2D eigenvalue weighted by molar-refractivity contribution is 5.99. The molecular formula is C31H33F3O2. The molecular weight excluding hydrogens is 461 g/mol. The molecule has 1 saturated carbocycles. The number of hydrogen-bond donors (Lipinski definition) is 0. The van der Waals surface area contributed by atoms with E-state index in [-0.39, 0.29) is 24.3 Å². The molecule has 0 bridgehead atoms. The van der Waals surface area contributed by atoms with Crippen LogP contribution in [-0.4, -0.2) is 12.4 Å². The van der Waals surface area contributed by atoms with Crippen molar-refractivity contribution in [1.29, 1.82) is 0 Å². The Morgan fingerprint density at radius 2 is 1.50 bits per heavy atom. The lowest BCUT2D eigenvalue weighted by molar-refractivity contribution is 0.0975. The van der Waals surface area contributed by atoms with Gasteiger partial charge in [-0.05, 0) is 78.8 Å². The van der Waals surface area contributed by atoms with Crippen LogP contribution < -0.4 is 4.74 Å². The zero-order chi connectivity index (χ0) is 25.7. The molecule has 0 spiro atoms. The Morgan fingerprint density at radius 3 is 2.06 bits per heavy atom. The first-order valence-electron chi connectivity index (χ1n) is 12.9. The van der Waals surface area contributed by atoms with Crippen molar-refractivity contribution < 1.29 is 22.7 Å². The number of halogens is 3. The van der Waals surface area contributed by atoms with Crippen LogP contribution in [0.2, 0.25) is 0 Å². The van der Waals surface area contributed by atoms with Crippen LogP contribution in [0.25, 0.3) is 11.1 Å². The molecule has 0 saturated heterocycles. The van der Waals surface area contributed by atoms with E-state index in [9.17, 15) is 18.0 Å². The summed E-state index contributed by atoms with van der Waals surface area (Å²) < 4.78 is 46.8. The highest BCUT2D eigenvalue weighted by Gasteiger charge is 2.26. The summed E-state index contributed by atoms with van der Waals surface area (Å²) in [6, 6.07) is 18.7. The second-order valence-electron chi connectivity index (χ2n) is 9.62. The van der Waals surface area contributed by atoms with Gasteiger partial charge < -0.3 is 4.74 Å². The second-order valence-corrected chi connectivity index (χ2v) is 9.62. The van der Waals surface area contributed by atoms with Crippen LogP contribution in [0.15, 0.2) is 60.7 Å². The molecule has 3 aromatic carbocycles. The molecule has 0 N–H and O–H groups in total. The van der Waals surface area contributed by atoms with Gasteiger partial charge in [0.05, 0.1) is 12.2 Å². The number of benzene rings is 3. The van der Waals surface area contributed by atoms with Gasteiger partial charge in [0.2, 0.25) is 0 Å². The molecule has 0 unspecified atom stereocenters. The topological polar surface area (TPSA) is 26.3 Å². The van der Waals surface area contributed by atoms with Crippen molar-refractivity contribution in [3.63, 3.8) is 0 Å². The predicted octanol–water partition coefficient (Wildman–Crippen LogP) is 8.94. The molecule has 0 atom stereocenters. The standard InChI is InChI=1S/C31H33F3O2/c1-3-20-5-9-22(10-6-20)24-13-15-25(16-14-24)23-11-7-21(8-12-23)19-27(35)26-17-18-28(36-4-2)30(32)29(26)31(33)34/h7-8,11-18,20,22,31H,3-6,9-10,19H2,1-2H3. The van der Waals surface area contributed by atoms with E-state index >= 15 is 0 Å². The Bertz CT molecular complexity index is 1160. The van der Waals surface area contributed by atoms with Gasteiger partial charge in [-0.1, -0.05) is 61.9 Å². The smallest absolute Gasteiger partial charge is 0.267 e. The molecule has 3 aromatic rings. The van der Waals surface area contributed by atoms with E-state index in [2.05, 4.69) is 31.2 Å². The molecule has 1 aliphatic rings. The van der Waals surface area contributed by atoms with E-state index in [0.29, 0.717) is 11.5 Å². The Hall–Kier alpha value is -3.08. The van der Waals surface area contributed by atoms with Crippen molar-refractivity contribution in [3.05, 3.63) is 88.7 Å². The van der Waals surface area contributed by atoms with E-state index in [1.165, 1.54) is 49.8 Å². The summed E-state index contributed by atoms with van der Waals surface area (Å²) in [5.41, 5.74) is 2.99. The van der Waals surface area contributed by atoms with Gasteiger partial charge in [0.15, 0.2) is 17.3 Å². The molecule has 2 nitrogen and oxygen atoms in total. The van der Waals surface area contributed by atoms with Crippen molar-refractivity contribution in [2.24, 2.45) is 5.92 Å². The predicted molar refractivity (Wildman–Crippen MR) is 137 cm³/mol. The highest BCUT2D eigenvalue weighted by Crippen LogP contribution is 2.37. The lowest BCUT2D eigenvalue weighted by Crippen LogP contribution is -2.12. The van der Waals surface area contributed by atoms with Gasteiger partial charge in [-0.3, -0.25) is 4.79 Å². The normalized spacial score (nSPS) is 17.8. The van der Waals surface area contributed by atoms with Crippen LogP contribution in [0.1, 0.15) is 85.3 Å². The minimum Gasteiger partial charge on any atom is -0.491 e. The third kappa shape index (κ3) is 5.83. The SMILES string of the molecule is CCOc1ccc(C(=O)Cc2ccc(-c3ccc(C4CCC(CC)CC4)cc3)cc2)c(C(F)F)c1F. The summed E-state index contributed by atoms with van der Waals surface area (Å²) in [5, 5.41) is 0. The van der Waals surface area contributed by atoms with Crippen LogP contribution in [0.5, 0.6) is 5.75 Å². The van der Waals surface area contributed by atoms with Crippen LogP contribution in [0, 0.1) is 11.7 Å². The number of ketones is 1. The maximum absolute atomic E-state index is 14.5. The number of alkyl halides is 2. The fourth-order valence-electron chi connectivity index (χ4n) is 5.24. The highest BCUT2D eigenvalue weighted by atomic mass is 19.3. The van der Waals surface area contributed by atoms with Crippen molar-refractivity contribution in [2.75, 3.05) is 6.61 Å². The second kappa shape index (κ2) is 11.8. The van der Waals surface area contributed by atoms with Crippen LogP contribution in [0.3, 0.4) is 0 Å². The number of ether oxygens (including phenoxy) is 1. The summed E-state index contributed by atoms with van der Waals surface area (Å²) >= 11 is 0. The van der Waals surface area contributed by atoms with E-state index < -0.39 is 23.6 Å². The van der Waals surface area contributed by atoms with E-state index in [1.807, 2.05) is 24.3 Å². The molecule has 190 valence electrons. The first kappa shape index (κ1) is 26.0. The molecule has 1 fully saturated rings. The third-order valence-corrected chi connectivity index (χ3v) is 7.42. The van der Waals surface area contributed by atoms with E-state index in [0.717, 1.165) is 17.0 Å². The van der Waals surface area contributed by atoms with E-state index in [4.69, 9.17) is 4.74 Å². The van der Waals surface area contributed by atoms with Gasteiger partial charge in [-0.15, -0.1) is 0 Å². The maximum atomic E-state index is 14.5. The fraction of sp³-hybridized carbons (Fsp3) is 0.387. The van der Waals surface area contributed by atoms with Crippen LogP contribution in [0.4, 0.5) is 13.2 Å². The lowest BCUT2D eigenvalue weighted by atomic mass is 9.77. The molecule has 36 heavy (non-hydrogen) atoms. The van der Waals surface area contributed by atoms with Gasteiger partial charge in [0, 0.05) is 12.0 Å². The molecule has 0 aromatic heterocycles. The molecule has 0 aliphatic heterocycles. The fourth-order valence-corrected chi connectivity index (χ4v) is 5.24. The van der Waals surface area contributed by atoms with E-state index in [1.54, 1.807) is 6.92 Å². The average molecular weight is 495 g/mol. The number of rotatable bonds is 9. The number of Topliss-reactive ketones (excluding diaryl/α,β-unsaturated/α-hetero) is 1. The monoisotopic (exact) mass is 494 g/mol.